The number of carbonyl (C=O) groups excluding carboxylic acids is 1. The molecule has 3 nitrogen and oxygen atoms in total. The number of nitrogens with zero attached hydrogens (tertiary/aromatic N) is 2. The quantitative estimate of drug-likeness (QED) is 0.624. The summed E-state index contributed by atoms with van der Waals surface area (Å²) in [5.41, 5.74) is 0. The van der Waals surface area contributed by atoms with Gasteiger partial charge < -0.3 is 9.80 Å². The molecule has 0 unspecified atom stereocenters. The van der Waals surface area contributed by atoms with E-state index in [0.29, 0.717) is 0 Å². The fraction of sp³-hybridized carbons (Fsp3) is 0.400. The number of hydrogen-bond donors (Lipinski definition) is 0. The van der Waals surface area contributed by atoms with Crippen LogP contribution in [0.3, 0.4) is 0 Å². The fourth-order valence-corrected chi connectivity index (χ4v) is 4.24. The lowest BCUT2D eigenvalue weighted by Gasteiger charge is -2.16. The molecule has 0 atom stereocenters. The minimum atomic E-state index is 0.108. The zero-order valence-electron chi connectivity index (χ0n) is 11.5. The molecule has 1 saturated heterocycles. The van der Waals surface area contributed by atoms with Gasteiger partial charge in [-0.2, -0.15) is 0 Å². The van der Waals surface area contributed by atoms with Crippen LogP contribution in [0.15, 0.2) is 39.8 Å². The molecule has 0 amide bonds. The lowest BCUT2D eigenvalue weighted by molar-refractivity contribution is 0.104. The summed E-state index contributed by atoms with van der Waals surface area (Å²) in [4.78, 5) is 17.6. The van der Waals surface area contributed by atoms with Crippen molar-refractivity contribution >= 4 is 28.9 Å². The Hall–Kier alpha value is -1.20. The minimum Gasteiger partial charge on any atom is -0.365 e. The predicted molar refractivity (Wildman–Crippen MR) is 85.6 cm³/mol. The Morgan fingerprint density at radius 3 is 2.85 bits per heavy atom. The second kappa shape index (κ2) is 6.06. The topological polar surface area (TPSA) is 23.6 Å². The maximum absolute atomic E-state index is 12.2. The SMILES string of the molecule is CCN1C=C(N2CCCC2)S/C1=C/C(=O)c1cccs1. The molecule has 0 aromatic carbocycles. The highest BCUT2D eigenvalue weighted by atomic mass is 32.2. The molecule has 1 fully saturated rings. The molecule has 0 aliphatic carbocycles. The second-order valence-electron chi connectivity index (χ2n) is 4.87. The van der Waals surface area contributed by atoms with Gasteiger partial charge in [0.2, 0.25) is 0 Å². The molecule has 0 bridgehead atoms. The summed E-state index contributed by atoms with van der Waals surface area (Å²) in [6.45, 7) is 5.30. The van der Waals surface area contributed by atoms with Crippen LogP contribution in [-0.4, -0.2) is 35.2 Å². The van der Waals surface area contributed by atoms with E-state index in [1.54, 1.807) is 17.8 Å². The Bertz CT molecular complexity index is 542. The van der Waals surface area contributed by atoms with E-state index in [-0.39, 0.29) is 5.78 Å². The first-order valence-corrected chi connectivity index (χ1v) is 8.68. The third-order valence-electron chi connectivity index (χ3n) is 3.54. The van der Waals surface area contributed by atoms with E-state index >= 15 is 0 Å². The number of rotatable bonds is 4. The Kier molecular flexibility index (Phi) is 4.17. The highest BCUT2D eigenvalue weighted by molar-refractivity contribution is 8.06. The Morgan fingerprint density at radius 1 is 1.40 bits per heavy atom. The highest BCUT2D eigenvalue weighted by Crippen LogP contribution is 2.39. The van der Waals surface area contributed by atoms with Crippen molar-refractivity contribution in [3.63, 3.8) is 0 Å². The number of hydrogen-bond acceptors (Lipinski definition) is 5. The molecule has 0 spiro atoms. The largest absolute Gasteiger partial charge is 0.365 e. The third-order valence-corrected chi connectivity index (χ3v) is 5.55. The van der Waals surface area contributed by atoms with Gasteiger partial charge in [0, 0.05) is 31.9 Å². The molecule has 3 heterocycles. The van der Waals surface area contributed by atoms with Crippen LogP contribution in [-0.2, 0) is 0 Å². The first-order valence-electron chi connectivity index (χ1n) is 6.98. The molecule has 2 aliphatic rings. The zero-order valence-corrected chi connectivity index (χ0v) is 13.2. The van der Waals surface area contributed by atoms with E-state index in [4.69, 9.17) is 0 Å². The number of carbonyl (C=O) groups is 1. The first-order chi connectivity index (χ1) is 9.78. The van der Waals surface area contributed by atoms with Crippen LogP contribution in [0.5, 0.6) is 0 Å². The van der Waals surface area contributed by atoms with E-state index in [9.17, 15) is 4.79 Å². The van der Waals surface area contributed by atoms with Crippen LogP contribution in [0.1, 0.15) is 29.4 Å². The minimum absolute atomic E-state index is 0.108. The molecular weight excluding hydrogens is 288 g/mol. The fourth-order valence-electron chi connectivity index (χ4n) is 2.43. The Morgan fingerprint density at radius 2 is 2.20 bits per heavy atom. The Balaban J connectivity index is 1.75. The third kappa shape index (κ3) is 2.79. The Labute approximate surface area is 127 Å². The number of ketones is 1. The molecule has 0 saturated carbocycles. The van der Waals surface area contributed by atoms with Crippen LogP contribution in [0.2, 0.25) is 0 Å². The van der Waals surface area contributed by atoms with Gasteiger partial charge >= 0.3 is 0 Å². The molecular formula is C15H18N2OS2. The smallest absolute Gasteiger partial charge is 0.198 e. The second-order valence-corrected chi connectivity index (χ2v) is 6.86. The average molecular weight is 306 g/mol. The lowest BCUT2D eigenvalue weighted by Crippen LogP contribution is -2.15. The van der Waals surface area contributed by atoms with Gasteiger partial charge in [0.25, 0.3) is 0 Å². The number of allylic oxidation sites excluding steroid dienone is 1. The lowest BCUT2D eigenvalue weighted by atomic mass is 10.3. The van der Waals surface area contributed by atoms with Gasteiger partial charge in [0.1, 0.15) is 0 Å². The van der Waals surface area contributed by atoms with E-state index in [1.165, 1.54) is 29.2 Å². The molecule has 106 valence electrons. The summed E-state index contributed by atoms with van der Waals surface area (Å²) in [6.07, 6.45) is 6.51. The molecule has 0 radical (unpaired) electrons. The summed E-state index contributed by atoms with van der Waals surface area (Å²) in [7, 11) is 0. The zero-order chi connectivity index (χ0) is 13.9. The van der Waals surface area contributed by atoms with Crippen molar-refractivity contribution < 1.29 is 4.79 Å². The monoisotopic (exact) mass is 306 g/mol. The van der Waals surface area contributed by atoms with Crippen molar-refractivity contribution in [1.82, 2.24) is 9.80 Å². The summed E-state index contributed by atoms with van der Waals surface area (Å²) < 4.78 is 0. The van der Waals surface area contributed by atoms with Gasteiger partial charge in [-0.3, -0.25) is 4.79 Å². The van der Waals surface area contributed by atoms with Gasteiger partial charge in [-0.25, -0.2) is 0 Å². The van der Waals surface area contributed by atoms with Gasteiger partial charge in [0.05, 0.1) is 14.9 Å². The molecule has 1 aromatic rings. The molecule has 1 aromatic heterocycles. The first kappa shape index (κ1) is 13.8. The average Bonchev–Trinajstić information content (AvgIpc) is 3.19. The standard InChI is InChI=1S/C15H18N2OS2/c1-2-16-11-15(17-7-3-4-8-17)20-14(16)10-12(18)13-6-5-9-19-13/h5-6,9-11H,2-4,7-8H2,1H3/b14-10+. The highest BCUT2D eigenvalue weighted by Gasteiger charge is 2.25. The van der Waals surface area contributed by atoms with Gasteiger partial charge in [0.15, 0.2) is 5.78 Å². The van der Waals surface area contributed by atoms with Gasteiger partial charge in [-0.1, -0.05) is 17.8 Å². The van der Waals surface area contributed by atoms with Gasteiger partial charge in [-0.15, -0.1) is 11.3 Å². The maximum Gasteiger partial charge on any atom is 0.198 e. The van der Waals surface area contributed by atoms with Crippen LogP contribution in [0.25, 0.3) is 0 Å². The van der Waals surface area contributed by atoms with Crippen molar-refractivity contribution in [2.24, 2.45) is 0 Å². The summed E-state index contributed by atoms with van der Waals surface area (Å²) in [5, 5.41) is 4.28. The molecule has 5 heteroatoms. The number of thiophene rings is 1. The number of likely N-dealkylation sites (tertiary alicyclic amines) is 1. The predicted octanol–water partition coefficient (Wildman–Crippen LogP) is 3.74. The van der Waals surface area contributed by atoms with E-state index in [0.717, 1.165) is 29.5 Å². The van der Waals surface area contributed by atoms with Crippen LogP contribution in [0.4, 0.5) is 0 Å². The normalized spacial score (nSPS) is 20.9. The van der Waals surface area contributed by atoms with Crippen molar-refractivity contribution in [2.75, 3.05) is 19.6 Å². The van der Waals surface area contributed by atoms with Crippen LogP contribution in [0, 0.1) is 0 Å². The molecule has 20 heavy (non-hydrogen) atoms. The van der Waals surface area contributed by atoms with Crippen LogP contribution >= 0.6 is 23.1 Å². The summed E-state index contributed by atoms with van der Waals surface area (Å²) in [5.74, 6) is 0.108. The van der Waals surface area contributed by atoms with E-state index < -0.39 is 0 Å². The van der Waals surface area contributed by atoms with Crippen LogP contribution < -0.4 is 0 Å². The molecule has 3 rings (SSSR count). The van der Waals surface area contributed by atoms with Crippen molar-refractivity contribution in [2.45, 2.75) is 19.8 Å². The summed E-state index contributed by atoms with van der Waals surface area (Å²) in [6, 6.07) is 3.80. The van der Waals surface area contributed by atoms with Crippen molar-refractivity contribution in [3.8, 4) is 0 Å². The van der Waals surface area contributed by atoms with E-state index in [1.807, 2.05) is 17.5 Å². The van der Waals surface area contributed by atoms with Crippen molar-refractivity contribution in [3.05, 3.63) is 44.7 Å². The summed E-state index contributed by atoms with van der Waals surface area (Å²) >= 11 is 3.22. The molecule has 2 aliphatic heterocycles. The van der Waals surface area contributed by atoms with E-state index in [2.05, 4.69) is 22.9 Å². The molecule has 0 N–H and O–H groups in total. The van der Waals surface area contributed by atoms with Gasteiger partial charge in [-0.05, 0) is 31.2 Å². The number of thioether (sulfide) groups is 1. The van der Waals surface area contributed by atoms with Crippen molar-refractivity contribution in [1.29, 1.82) is 0 Å². The maximum atomic E-state index is 12.2.